The predicted octanol–water partition coefficient (Wildman–Crippen LogP) is 2.62. The maximum Gasteiger partial charge on any atom is 0.237 e. The fourth-order valence-electron chi connectivity index (χ4n) is 3.14. The molecule has 25 heavy (non-hydrogen) atoms. The Morgan fingerprint density at radius 2 is 1.92 bits per heavy atom. The molecule has 1 aromatic carbocycles. The minimum atomic E-state index is 0.187. The Labute approximate surface area is 153 Å². The van der Waals surface area contributed by atoms with Crippen LogP contribution in [0.5, 0.6) is 5.75 Å². The summed E-state index contributed by atoms with van der Waals surface area (Å²) in [5, 5.41) is 12.0. The van der Waals surface area contributed by atoms with Crippen molar-refractivity contribution in [1.29, 1.82) is 0 Å². The number of carbonyl (C=O) groups is 1. The molecule has 2 aromatic rings. The maximum absolute atomic E-state index is 12.6. The summed E-state index contributed by atoms with van der Waals surface area (Å²) < 4.78 is 0. The average molecular weight is 359 g/mol. The van der Waals surface area contributed by atoms with E-state index in [0.717, 1.165) is 38.4 Å². The van der Waals surface area contributed by atoms with Crippen molar-refractivity contribution >= 4 is 22.9 Å². The number of phenolic OH excluding ortho intramolecular Hbond substituents is 1. The van der Waals surface area contributed by atoms with Gasteiger partial charge >= 0.3 is 0 Å². The minimum absolute atomic E-state index is 0.187. The molecule has 5 nitrogen and oxygen atoms in total. The molecule has 1 fully saturated rings. The summed E-state index contributed by atoms with van der Waals surface area (Å²) in [4.78, 5) is 20.1. The third kappa shape index (κ3) is 4.52. The molecular formula is C19H25N3O2S. The molecular weight excluding hydrogens is 334 g/mol. The number of amides is 1. The van der Waals surface area contributed by atoms with Crippen LogP contribution in [0.4, 0.5) is 5.69 Å². The highest BCUT2D eigenvalue weighted by Gasteiger charge is 2.22. The van der Waals surface area contributed by atoms with Gasteiger partial charge in [-0.15, -0.1) is 11.3 Å². The Morgan fingerprint density at radius 1 is 1.16 bits per heavy atom. The van der Waals surface area contributed by atoms with Crippen LogP contribution in [0, 0.1) is 0 Å². The number of likely N-dealkylation sites (N-methyl/N-ethyl adjacent to an activating group) is 1. The number of para-hydroxylation sites is 2. The highest BCUT2D eigenvalue weighted by Crippen LogP contribution is 2.27. The number of carbonyl (C=O) groups excluding carboxylic acids is 1. The van der Waals surface area contributed by atoms with E-state index in [1.807, 2.05) is 41.5 Å². The number of rotatable bonds is 6. The molecule has 134 valence electrons. The van der Waals surface area contributed by atoms with Crippen molar-refractivity contribution in [1.82, 2.24) is 9.80 Å². The largest absolute Gasteiger partial charge is 0.506 e. The topological polar surface area (TPSA) is 47.0 Å². The number of aromatic hydroxyl groups is 1. The van der Waals surface area contributed by atoms with Gasteiger partial charge < -0.3 is 14.9 Å². The van der Waals surface area contributed by atoms with E-state index in [-0.39, 0.29) is 5.91 Å². The van der Waals surface area contributed by atoms with Gasteiger partial charge in [0.2, 0.25) is 5.91 Å². The Balaban J connectivity index is 1.51. The molecule has 6 heteroatoms. The quantitative estimate of drug-likeness (QED) is 0.861. The normalized spacial score (nSPS) is 15.3. The van der Waals surface area contributed by atoms with Gasteiger partial charge in [-0.2, -0.15) is 0 Å². The van der Waals surface area contributed by atoms with E-state index in [9.17, 15) is 9.90 Å². The van der Waals surface area contributed by atoms with E-state index in [1.54, 1.807) is 17.4 Å². The minimum Gasteiger partial charge on any atom is -0.506 e. The SMILES string of the molecule is CCN(Cc1cccs1)C(=O)CN1CCN(c2ccccc2O)CC1. The van der Waals surface area contributed by atoms with E-state index in [2.05, 4.69) is 15.9 Å². The van der Waals surface area contributed by atoms with Gasteiger partial charge in [0, 0.05) is 37.6 Å². The number of benzene rings is 1. The van der Waals surface area contributed by atoms with Crippen molar-refractivity contribution in [2.24, 2.45) is 0 Å². The molecule has 1 N–H and O–H groups in total. The number of hydrogen-bond donors (Lipinski definition) is 1. The number of phenols is 1. The smallest absolute Gasteiger partial charge is 0.237 e. The lowest BCUT2D eigenvalue weighted by Crippen LogP contribution is -2.50. The van der Waals surface area contributed by atoms with Gasteiger partial charge in [0.15, 0.2) is 0 Å². The number of thiophene rings is 1. The van der Waals surface area contributed by atoms with Crippen molar-refractivity contribution in [2.45, 2.75) is 13.5 Å². The molecule has 0 radical (unpaired) electrons. The molecule has 3 rings (SSSR count). The van der Waals surface area contributed by atoms with Gasteiger partial charge in [0.05, 0.1) is 18.8 Å². The lowest BCUT2D eigenvalue weighted by atomic mass is 10.2. The van der Waals surface area contributed by atoms with Gasteiger partial charge in [-0.1, -0.05) is 18.2 Å². The second-order valence-electron chi connectivity index (χ2n) is 6.24. The molecule has 1 saturated heterocycles. The second kappa shape index (κ2) is 8.36. The maximum atomic E-state index is 12.6. The third-order valence-electron chi connectivity index (χ3n) is 4.61. The second-order valence-corrected chi connectivity index (χ2v) is 7.27. The van der Waals surface area contributed by atoms with E-state index in [0.29, 0.717) is 18.8 Å². The van der Waals surface area contributed by atoms with Crippen LogP contribution in [0.3, 0.4) is 0 Å². The van der Waals surface area contributed by atoms with E-state index < -0.39 is 0 Å². The average Bonchev–Trinajstić information content (AvgIpc) is 3.14. The van der Waals surface area contributed by atoms with Crippen LogP contribution in [-0.2, 0) is 11.3 Å². The summed E-state index contributed by atoms with van der Waals surface area (Å²) in [5.41, 5.74) is 0.876. The van der Waals surface area contributed by atoms with Gasteiger partial charge in [-0.25, -0.2) is 0 Å². The number of piperazine rings is 1. The number of anilines is 1. The van der Waals surface area contributed by atoms with E-state index in [4.69, 9.17) is 0 Å². The standard InChI is InChI=1S/C19H25N3O2S/c1-2-21(14-16-6-5-13-25-16)19(24)15-20-9-11-22(12-10-20)17-7-3-4-8-18(17)23/h3-8,13,23H,2,9-12,14-15H2,1H3. The summed E-state index contributed by atoms with van der Waals surface area (Å²) in [5.74, 6) is 0.507. The summed E-state index contributed by atoms with van der Waals surface area (Å²) in [6.45, 7) is 7.23. The molecule has 0 aliphatic carbocycles. The number of nitrogens with zero attached hydrogens (tertiary/aromatic N) is 3. The van der Waals surface area contributed by atoms with Crippen LogP contribution in [0.15, 0.2) is 41.8 Å². The van der Waals surface area contributed by atoms with Crippen molar-refractivity contribution in [3.05, 3.63) is 46.7 Å². The summed E-state index contributed by atoms with van der Waals surface area (Å²) in [6, 6.07) is 11.5. The summed E-state index contributed by atoms with van der Waals surface area (Å²) in [7, 11) is 0. The molecule has 0 atom stereocenters. The molecule has 0 spiro atoms. The Morgan fingerprint density at radius 3 is 2.56 bits per heavy atom. The van der Waals surface area contributed by atoms with Crippen molar-refractivity contribution < 1.29 is 9.90 Å². The zero-order valence-electron chi connectivity index (χ0n) is 14.6. The zero-order valence-corrected chi connectivity index (χ0v) is 15.4. The zero-order chi connectivity index (χ0) is 17.6. The van der Waals surface area contributed by atoms with Gasteiger partial charge in [0.25, 0.3) is 0 Å². The van der Waals surface area contributed by atoms with Crippen LogP contribution in [0.2, 0.25) is 0 Å². The van der Waals surface area contributed by atoms with Gasteiger partial charge in [-0.3, -0.25) is 9.69 Å². The van der Waals surface area contributed by atoms with Crippen molar-refractivity contribution in [2.75, 3.05) is 44.2 Å². The molecule has 2 heterocycles. The molecule has 0 bridgehead atoms. The number of hydrogen-bond acceptors (Lipinski definition) is 5. The summed E-state index contributed by atoms with van der Waals surface area (Å²) >= 11 is 1.69. The van der Waals surface area contributed by atoms with Crippen LogP contribution in [0.1, 0.15) is 11.8 Å². The van der Waals surface area contributed by atoms with E-state index in [1.165, 1.54) is 4.88 Å². The van der Waals surface area contributed by atoms with Crippen LogP contribution >= 0.6 is 11.3 Å². The Bertz CT molecular complexity index is 682. The highest BCUT2D eigenvalue weighted by atomic mass is 32.1. The van der Waals surface area contributed by atoms with Crippen molar-refractivity contribution in [3.63, 3.8) is 0 Å². The van der Waals surface area contributed by atoms with Crippen LogP contribution in [0.25, 0.3) is 0 Å². The molecule has 1 aliphatic heterocycles. The highest BCUT2D eigenvalue weighted by molar-refractivity contribution is 7.09. The summed E-state index contributed by atoms with van der Waals surface area (Å²) in [6.07, 6.45) is 0. The lowest BCUT2D eigenvalue weighted by Gasteiger charge is -2.36. The molecule has 1 aliphatic rings. The molecule has 1 amide bonds. The fourth-order valence-corrected chi connectivity index (χ4v) is 3.86. The Kier molecular flexibility index (Phi) is 5.94. The molecule has 0 saturated carbocycles. The monoisotopic (exact) mass is 359 g/mol. The Hall–Kier alpha value is -2.05. The van der Waals surface area contributed by atoms with Crippen LogP contribution in [-0.4, -0.2) is 60.1 Å². The first-order valence-electron chi connectivity index (χ1n) is 8.73. The lowest BCUT2D eigenvalue weighted by molar-refractivity contribution is -0.132. The molecule has 1 aromatic heterocycles. The van der Waals surface area contributed by atoms with Crippen LogP contribution < -0.4 is 4.90 Å². The van der Waals surface area contributed by atoms with E-state index >= 15 is 0 Å². The third-order valence-corrected chi connectivity index (χ3v) is 5.48. The first-order valence-corrected chi connectivity index (χ1v) is 9.60. The van der Waals surface area contributed by atoms with Gasteiger partial charge in [0.1, 0.15) is 5.75 Å². The van der Waals surface area contributed by atoms with Gasteiger partial charge in [-0.05, 0) is 30.5 Å². The van der Waals surface area contributed by atoms with Crippen molar-refractivity contribution in [3.8, 4) is 5.75 Å². The molecule has 0 unspecified atom stereocenters. The predicted molar refractivity (Wildman–Crippen MR) is 102 cm³/mol. The first-order chi connectivity index (χ1) is 12.2. The first kappa shape index (κ1) is 17.8. The fraction of sp³-hybridized carbons (Fsp3) is 0.421.